The van der Waals surface area contributed by atoms with Crippen LogP contribution in [0, 0.1) is 5.92 Å². The van der Waals surface area contributed by atoms with Gasteiger partial charge in [0.2, 0.25) is 0 Å². The fraction of sp³-hybridized carbons (Fsp3) is 0.533. The van der Waals surface area contributed by atoms with Crippen LogP contribution >= 0.6 is 11.6 Å². The Kier molecular flexibility index (Phi) is 6.78. The van der Waals surface area contributed by atoms with Gasteiger partial charge in [-0.25, -0.2) is 0 Å². The number of rotatable bonds is 7. The zero-order valence-corrected chi connectivity index (χ0v) is 13.7. The summed E-state index contributed by atoms with van der Waals surface area (Å²) in [7, 11) is 1.52. The summed E-state index contributed by atoms with van der Waals surface area (Å²) in [4.78, 5) is 11.9. The van der Waals surface area contributed by atoms with Gasteiger partial charge < -0.3 is 20.5 Å². The minimum atomic E-state index is -0.668. The van der Waals surface area contributed by atoms with Gasteiger partial charge in [0.05, 0.1) is 12.1 Å². The van der Waals surface area contributed by atoms with Crippen molar-refractivity contribution in [3.63, 3.8) is 0 Å². The van der Waals surface area contributed by atoms with Crippen molar-refractivity contribution in [3.05, 3.63) is 22.7 Å². The Bertz CT molecular complexity index is 492. The van der Waals surface area contributed by atoms with E-state index in [0.717, 1.165) is 5.56 Å². The van der Waals surface area contributed by atoms with Gasteiger partial charge >= 0.3 is 0 Å². The van der Waals surface area contributed by atoms with Gasteiger partial charge in [-0.15, -0.1) is 0 Å². The molecule has 1 aromatic carbocycles. The fourth-order valence-electron chi connectivity index (χ4n) is 1.68. The first kappa shape index (κ1) is 17.6. The van der Waals surface area contributed by atoms with E-state index >= 15 is 0 Å². The van der Waals surface area contributed by atoms with Crippen molar-refractivity contribution in [2.24, 2.45) is 11.7 Å². The zero-order chi connectivity index (χ0) is 16.0. The van der Waals surface area contributed by atoms with Crippen molar-refractivity contribution in [2.45, 2.75) is 33.4 Å². The van der Waals surface area contributed by atoms with Gasteiger partial charge in [-0.3, -0.25) is 4.79 Å². The van der Waals surface area contributed by atoms with Crippen LogP contribution in [0.2, 0.25) is 5.02 Å². The van der Waals surface area contributed by atoms with E-state index in [0.29, 0.717) is 35.5 Å². The minimum absolute atomic E-state index is 0.190. The van der Waals surface area contributed by atoms with Crippen LogP contribution in [0.1, 0.15) is 26.3 Å². The average molecular weight is 315 g/mol. The molecular formula is C15H23ClN2O3. The number of nitrogens with one attached hydrogen (secondary N) is 1. The summed E-state index contributed by atoms with van der Waals surface area (Å²) < 4.78 is 10.9. The van der Waals surface area contributed by atoms with Crippen molar-refractivity contribution >= 4 is 17.5 Å². The number of hydrogen-bond donors (Lipinski definition) is 2. The maximum atomic E-state index is 11.9. The van der Waals surface area contributed by atoms with Crippen LogP contribution in [0.5, 0.6) is 11.5 Å². The molecule has 118 valence electrons. The lowest BCUT2D eigenvalue weighted by Crippen LogP contribution is -2.38. The van der Waals surface area contributed by atoms with E-state index in [2.05, 4.69) is 5.32 Å². The number of ether oxygens (including phenoxy) is 2. The standard InChI is InChI=1S/C15H23ClN2O3/c1-9(2)8-18-15(19)10(3)21-14-12(16)5-11(7-17)6-13(14)20-4/h5-6,9-10H,7-8,17H2,1-4H3,(H,18,19). The Labute approximate surface area is 130 Å². The van der Waals surface area contributed by atoms with E-state index in [9.17, 15) is 4.79 Å². The van der Waals surface area contributed by atoms with E-state index in [1.54, 1.807) is 19.1 Å². The highest BCUT2D eigenvalue weighted by molar-refractivity contribution is 6.32. The van der Waals surface area contributed by atoms with Crippen molar-refractivity contribution in [1.82, 2.24) is 5.32 Å². The van der Waals surface area contributed by atoms with Crippen LogP contribution in [-0.4, -0.2) is 25.7 Å². The molecule has 1 unspecified atom stereocenters. The molecule has 0 radical (unpaired) electrons. The summed E-state index contributed by atoms with van der Waals surface area (Å²) in [5.41, 5.74) is 6.42. The van der Waals surface area contributed by atoms with E-state index in [1.165, 1.54) is 7.11 Å². The Hall–Kier alpha value is -1.46. The quantitative estimate of drug-likeness (QED) is 0.810. The number of carbonyl (C=O) groups excluding carboxylic acids is 1. The number of nitrogens with two attached hydrogens (primary N) is 1. The predicted molar refractivity (Wildman–Crippen MR) is 83.8 cm³/mol. The monoisotopic (exact) mass is 314 g/mol. The van der Waals surface area contributed by atoms with E-state index < -0.39 is 6.10 Å². The Morgan fingerprint density at radius 2 is 2.05 bits per heavy atom. The number of methoxy groups -OCH3 is 1. The molecule has 1 atom stereocenters. The molecule has 0 aromatic heterocycles. The summed E-state index contributed by atoms with van der Waals surface area (Å²) in [6.45, 7) is 6.67. The first-order chi connectivity index (χ1) is 9.88. The van der Waals surface area contributed by atoms with Crippen molar-refractivity contribution in [1.29, 1.82) is 0 Å². The van der Waals surface area contributed by atoms with Crippen LogP contribution in [0.4, 0.5) is 0 Å². The molecule has 0 aliphatic carbocycles. The van der Waals surface area contributed by atoms with Crippen LogP contribution < -0.4 is 20.5 Å². The predicted octanol–water partition coefficient (Wildman–Crippen LogP) is 2.35. The van der Waals surface area contributed by atoms with Gasteiger partial charge in [-0.05, 0) is 30.5 Å². The summed E-state index contributed by atoms with van der Waals surface area (Å²) >= 11 is 6.18. The maximum absolute atomic E-state index is 11.9. The largest absolute Gasteiger partial charge is 0.493 e. The van der Waals surface area contributed by atoms with Gasteiger partial charge in [0.15, 0.2) is 17.6 Å². The van der Waals surface area contributed by atoms with Gasteiger partial charge in [0.25, 0.3) is 5.91 Å². The lowest BCUT2D eigenvalue weighted by atomic mass is 10.2. The Morgan fingerprint density at radius 1 is 1.38 bits per heavy atom. The number of carbonyl (C=O) groups is 1. The van der Waals surface area contributed by atoms with Crippen molar-refractivity contribution < 1.29 is 14.3 Å². The molecule has 1 aromatic rings. The molecule has 0 aliphatic rings. The Balaban J connectivity index is 2.84. The average Bonchev–Trinajstić information content (AvgIpc) is 2.46. The minimum Gasteiger partial charge on any atom is -0.493 e. The third-order valence-corrected chi connectivity index (χ3v) is 3.15. The Morgan fingerprint density at radius 3 is 2.57 bits per heavy atom. The number of halogens is 1. The number of amides is 1. The first-order valence-corrected chi connectivity index (χ1v) is 7.27. The molecule has 0 saturated heterocycles. The smallest absolute Gasteiger partial charge is 0.260 e. The molecule has 0 saturated carbocycles. The van der Waals surface area contributed by atoms with Crippen molar-refractivity contribution in [3.8, 4) is 11.5 Å². The molecule has 21 heavy (non-hydrogen) atoms. The second kappa shape index (κ2) is 8.10. The van der Waals surface area contributed by atoms with Crippen LogP contribution in [0.3, 0.4) is 0 Å². The molecule has 5 nitrogen and oxygen atoms in total. The third kappa shape index (κ3) is 5.10. The molecule has 3 N–H and O–H groups in total. The lowest BCUT2D eigenvalue weighted by Gasteiger charge is -2.19. The highest BCUT2D eigenvalue weighted by atomic mass is 35.5. The SMILES string of the molecule is COc1cc(CN)cc(Cl)c1OC(C)C(=O)NCC(C)C. The molecule has 0 heterocycles. The van der Waals surface area contributed by atoms with Gasteiger partial charge in [0.1, 0.15) is 0 Å². The molecule has 1 amide bonds. The number of benzene rings is 1. The van der Waals surface area contributed by atoms with E-state index in [4.69, 9.17) is 26.8 Å². The van der Waals surface area contributed by atoms with Crippen LogP contribution in [0.15, 0.2) is 12.1 Å². The second-order valence-electron chi connectivity index (χ2n) is 5.21. The fourth-order valence-corrected chi connectivity index (χ4v) is 1.96. The molecular weight excluding hydrogens is 292 g/mol. The van der Waals surface area contributed by atoms with Crippen molar-refractivity contribution in [2.75, 3.05) is 13.7 Å². The zero-order valence-electron chi connectivity index (χ0n) is 12.9. The molecule has 0 spiro atoms. The lowest BCUT2D eigenvalue weighted by molar-refractivity contribution is -0.127. The third-order valence-electron chi connectivity index (χ3n) is 2.87. The summed E-state index contributed by atoms with van der Waals surface area (Å²) in [6, 6.07) is 3.46. The maximum Gasteiger partial charge on any atom is 0.260 e. The summed E-state index contributed by atoms with van der Waals surface area (Å²) in [5, 5.41) is 3.19. The molecule has 0 fully saturated rings. The van der Waals surface area contributed by atoms with Gasteiger partial charge in [-0.2, -0.15) is 0 Å². The molecule has 6 heteroatoms. The normalized spacial score (nSPS) is 12.1. The first-order valence-electron chi connectivity index (χ1n) is 6.89. The second-order valence-corrected chi connectivity index (χ2v) is 5.62. The summed E-state index contributed by atoms with van der Waals surface area (Å²) in [5.74, 6) is 1.00. The topological polar surface area (TPSA) is 73.6 Å². The van der Waals surface area contributed by atoms with E-state index in [1.807, 2.05) is 13.8 Å². The summed E-state index contributed by atoms with van der Waals surface area (Å²) in [6.07, 6.45) is -0.668. The van der Waals surface area contributed by atoms with Crippen LogP contribution in [-0.2, 0) is 11.3 Å². The number of hydrogen-bond acceptors (Lipinski definition) is 4. The van der Waals surface area contributed by atoms with Gasteiger partial charge in [0, 0.05) is 13.1 Å². The van der Waals surface area contributed by atoms with Gasteiger partial charge in [-0.1, -0.05) is 25.4 Å². The molecule has 1 rings (SSSR count). The highest BCUT2D eigenvalue weighted by Gasteiger charge is 2.19. The van der Waals surface area contributed by atoms with Crippen LogP contribution in [0.25, 0.3) is 0 Å². The van der Waals surface area contributed by atoms with E-state index in [-0.39, 0.29) is 5.91 Å². The highest BCUT2D eigenvalue weighted by Crippen LogP contribution is 2.37. The molecule has 0 aliphatic heterocycles. The molecule has 0 bridgehead atoms.